The van der Waals surface area contributed by atoms with Gasteiger partial charge in [0.1, 0.15) is 0 Å². The molecule has 2 unspecified atom stereocenters. The number of aromatic nitrogens is 1. The van der Waals surface area contributed by atoms with E-state index >= 15 is 0 Å². The van der Waals surface area contributed by atoms with Gasteiger partial charge < -0.3 is 10.0 Å². The van der Waals surface area contributed by atoms with Gasteiger partial charge in [-0.05, 0) is 32.4 Å². The number of nitrogens with zero attached hydrogens (tertiary/aromatic N) is 2. The zero-order chi connectivity index (χ0) is 10.8. The van der Waals surface area contributed by atoms with Gasteiger partial charge in [0.15, 0.2) is 0 Å². The summed E-state index contributed by atoms with van der Waals surface area (Å²) in [5, 5.41) is 9.53. The molecule has 2 rings (SSSR count). The molecule has 1 aromatic rings. The quantitative estimate of drug-likeness (QED) is 0.798. The van der Waals surface area contributed by atoms with Crippen LogP contribution in [0.3, 0.4) is 0 Å². The van der Waals surface area contributed by atoms with E-state index in [1.807, 2.05) is 26.1 Å². The zero-order valence-corrected chi connectivity index (χ0v) is 9.35. The van der Waals surface area contributed by atoms with Crippen molar-refractivity contribution in [2.24, 2.45) is 5.92 Å². The third kappa shape index (κ3) is 2.29. The number of aryl methyl sites for hydroxylation is 1. The molecule has 2 heterocycles. The Morgan fingerprint density at radius 3 is 3.00 bits per heavy atom. The average molecular weight is 206 g/mol. The van der Waals surface area contributed by atoms with Crippen LogP contribution in [0.25, 0.3) is 0 Å². The molecule has 1 aliphatic heterocycles. The van der Waals surface area contributed by atoms with E-state index in [1.54, 1.807) is 0 Å². The van der Waals surface area contributed by atoms with Crippen molar-refractivity contribution in [3.05, 3.63) is 24.0 Å². The Labute approximate surface area is 90.8 Å². The van der Waals surface area contributed by atoms with Gasteiger partial charge in [0.25, 0.3) is 0 Å². The standard InChI is InChI=1S/C12H18N2O/c1-9-7-12(3-5-13-9)14-6-4-11(8-14)10(2)15/h3,5,7,10-11,15H,4,6,8H2,1-2H3. The van der Waals surface area contributed by atoms with Gasteiger partial charge in [0.2, 0.25) is 0 Å². The number of anilines is 1. The molecule has 0 aliphatic carbocycles. The van der Waals surface area contributed by atoms with Gasteiger partial charge in [-0.25, -0.2) is 0 Å². The molecule has 1 saturated heterocycles. The van der Waals surface area contributed by atoms with Gasteiger partial charge in [-0.15, -0.1) is 0 Å². The summed E-state index contributed by atoms with van der Waals surface area (Å²) in [7, 11) is 0. The Hall–Kier alpha value is -1.09. The molecule has 82 valence electrons. The first-order valence-electron chi connectivity index (χ1n) is 5.52. The molecule has 0 amide bonds. The lowest BCUT2D eigenvalue weighted by Crippen LogP contribution is -2.23. The van der Waals surface area contributed by atoms with Crippen molar-refractivity contribution in [1.29, 1.82) is 0 Å². The van der Waals surface area contributed by atoms with E-state index in [4.69, 9.17) is 0 Å². The molecular weight excluding hydrogens is 188 g/mol. The second-order valence-corrected chi connectivity index (χ2v) is 4.39. The van der Waals surface area contributed by atoms with Gasteiger partial charge >= 0.3 is 0 Å². The number of aliphatic hydroxyl groups excluding tert-OH is 1. The van der Waals surface area contributed by atoms with Crippen LogP contribution in [-0.4, -0.2) is 29.3 Å². The van der Waals surface area contributed by atoms with Crippen LogP contribution in [0.2, 0.25) is 0 Å². The summed E-state index contributed by atoms with van der Waals surface area (Å²) in [4.78, 5) is 6.51. The number of pyridine rings is 1. The predicted octanol–water partition coefficient (Wildman–Crippen LogP) is 1.60. The SMILES string of the molecule is Cc1cc(N2CCC(C(C)O)C2)ccn1. The van der Waals surface area contributed by atoms with Crippen LogP contribution in [0.5, 0.6) is 0 Å². The van der Waals surface area contributed by atoms with Gasteiger partial charge in [-0.3, -0.25) is 4.98 Å². The summed E-state index contributed by atoms with van der Waals surface area (Å²) < 4.78 is 0. The van der Waals surface area contributed by atoms with E-state index in [0.717, 1.165) is 25.2 Å². The van der Waals surface area contributed by atoms with Crippen molar-refractivity contribution in [3.63, 3.8) is 0 Å². The van der Waals surface area contributed by atoms with Gasteiger partial charge in [-0.1, -0.05) is 0 Å². The van der Waals surface area contributed by atoms with E-state index in [9.17, 15) is 5.11 Å². The smallest absolute Gasteiger partial charge is 0.0557 e. The van der Waals surface area contributed by atoms with Crippen LogP contribution in [0.15, 0.2) is 18.3 Å². The molecule has 2 atom stereocenters. The minimum Gasteiger partial charge on any atom is -0.393 e. The first kappa shape index (κ1) is 10.4. The molecule has 3 heteroatoms. The fraction of sp³-hybridized carbons (Fsp3) is 0.583. The molecule has 1 aromatic heterocycles. The highest BCUT2D eigenvalue weighted by atomic mass is 16.3. The first-order chi connectivity index (χ1) is 7.16. The van der Waals surface area contributed by atoms with Gasteiger partial charge in [0, 0.05) is 36.6 Å². The second-order valence-electron chi connectivity index (χ2n) is 4.39. The van der Waals surface area contributed by atoms with E-state index in [1.165, 1.54) is 5.69 Å². The van der Waals surface area contributed by atoms with Crippen molar-refractivity contribution in [1.82, 2.24) is 4.98 Å². The zero-order valence-electron chi connectivity index (χ0n) is 9.35. The van der Waals surface area contributed by atoms with Crippen LogP contribution < -0.4 is 4.90 Å². The number of hydrogen-bond donors (Lipinski definition) is 1. The topological polar surface area (TPSA) is 36.4 Å². The highest BCUT2D eigenvalue weighted by Gasteiger charge is 2.25. The Balaban J connectivity index is 2.08. The first-order valence-corrected chi connectivity index (χ1v) is 5.52. The van der Waals surface area contributed by atoms with Crippen LogP contribution in [0, 0.1) is 12.8 Å². The van der Waals surface area contributed by atoms with E-state index in [-0.39, 0.29) is 6.10 Å². The van der Waals surface area contributed by atoms with Gasteiger partial charge in [-0.2, -0.15) is 0 Å². The fourth-order valence-electron chi connectivity index (χ4n) is 2.14. The summed E-state index contributed by atoms with van der Waals surface area (Å²) in [6.45, 7) is 5.89. The molecule has 3 nitrogen and oxygen atoms in total. The van der Waals surface area contributed by atoms with Crippen molar-refractivity contribution in [3.8, 4) is 0 Å². The van der Waals surface area contributed by atoms with Crippen molar-refractivity contribution in [2.45, 2.75) is 26.4 Å². The van der Waals surface area contributed by atoms with E-state index < -0.39 is 0 Å². The van der Waals surface area contributed by atoms with Crippen molar-refractivity contribution >= 4 is 5.69 Å². The number of hydrogen-bond acceptors (Lipinski definition) is 3. The third-order valence-electron chi connectivity index (χ3n) is 3.15. The maximum absolute atomic E-state index is 9.53. The Kier molecular flexibility index (Phi) is 2.91. The van der Waals surface area contributed by atoms with Crippen LogP contribution in [-0.2, 0) is 0 Å². The Bertz CT molecular complexity index is 338. The summed E-state index contributed by atoms with van der Waals surface area (Å²) in [6, 6.07) is 4.14. The predicted molar refractivity (Wildman–Crippen MR) is 61.0 cm³/mol. The number of rotatable bonds is 2. The van der Waals surface area contributed by atoms with E-state index in [2.05, 4.69) is 16.0 Å². The van der Waals surface area contributed by atoms with Gasteiger partial charge in [0.05, 0.1) is 6.10 Å². The normalized spacial score (nSPS) is 23.1. The summed E-state index contributed by atoms with van der Waals surface area (Å²) in [5.74, 6) is 0.415. The van der Waals surface area contributed by atoms with Crippen molar-refractivity contribution in [2.75, 3.05) is 18.0 Å². The molecule has 1 N–H and O–H groups in total. The monoisotopic (exact) mass is 206 g/mol. The molecular formula is C12H18N2O. The Morgan fingerprint density at radius 1 is 1.60 bits per heavy atom. The summed E-state index contributed by atoms with van der Waals surface area (Å²) in [5.41, 5.74) is 2.28. The largest absolute Gasteiger partial charge is 0.393 e. The minimum atomic E-state index is -0.196. The molecule has 15 heavy (non-hydrogen) atoms. The summed E-state index contributed by atoms with van der Waals surface area (Å²) in [6.07, 6.45) is 2.73. The minimum absolute atomic E-state index is 0.196. The molecule has 0 saturated carbocycles. The molecule has 1 aliphatic rings. The Morgan fingerprint density at radius 2 is 2.40 bits per heavy atom. The maximum atomic E-state index is 9.53. The molecule has 0 aromatic carbocycles. The average Bonchev–Trinajstić information content (AvgIpc) is 2.66. The molecule has 0 radical (unpaired) electrons. The molecule has 1 fully saturated rings. The second kappa shape index (κ2) is 4.19. The highest BCUT2D eigenvalue weighted by Crippen LogP contribution is 2.25. The van der Waals surface area contributed by atoms with Crippen LogP contribution in [0.4, 0.5) is 5.69 Å². The summed E-state index contributed by atoms with van der Waals surface area (Å²) >= 11 is 0. The van der Waals surface area contributed by atoms with Crippen LogP contribution >= 0.6 is 0 Å². The highest BCUT2D eigenvalue weighted by molar-refractivity contribution is 5.47. The molecule has 0 spiro atoms. The lowest BCUT2D eigenvalue weighted by molar-refractivity contribution is 0.136. The lowest BCUT2D eigenvalue weighted by Gasteiger charge is -2.19. The lowest BCUT2D eigenvalue weighted by atomic mass is 10.0. The fourth-order valence-corrected chi connectivity index (χ4v) is 2.14. The van der Waals surface area contributed by atoms with E-state index in [0.29, 0.717) is 5.92 Å². The maximum Gasteiger partial charge on any atom is 0.0557 e. The molecule has 0 bridgehead atoms. The van der Waals surface area contributed by atoms with Crippen LogP contribution in [0.1, 0.15) is 19.0 Å². The third-order valence-corrected chi connectivity index (χ3v) is 3.15. The number of aliphatic hydroxyl groups is 1. The van der Waals surface area contributed by atoms with Crippen molar-refractivity contribution < 1.29 is 5.11 Å².